The largest absolute Gasteiger partial charge is 0.512 e. The van der Waals surface area contributed by atoms with Crippen LogP contribution in [0.15, 0.2) is 60.0 Å². The van der Waals surface area contributed by atoms with Crippen molar-refractivity contribution < 1.29 is 14.6 Å². The van der Waals surface area contributed by atoms with Crippen molar-refractivity contribution in [3.63, 3.8) is 0 Å². The number of carbonyl (C=O) groups is 1. The highest BCUT2D eigenvalue weighted by molar-refractivity contribution is 7.13. The van der Waals surface area contributed by atoms with Gasteiger partial charge in [-0.25, -0.2) is 4.79 Å². The zero-order chi connectivity index (χ0) is 19.0. The van der Waals surface area contributed by atoms with Crippen LogP contribution >= 0.6 is 34.5 Å². The SMILES string of the molecule is O=C(O)Oc1cc2c(-c3cccs3)cccc2n1Cc1ccc(Cl)c(Cl)c1. The van der Waals surface area contributed by atoms with E-state index in [2.05, 4.69) is 0 Å². The molecule has 0 amide bonds. The van der Waals surface area contributed by atoms with Gasteiger partial charge in [-0.2, -0.15) is 0 Å². The van der Waals surface area contributed by atoms with Gasteiger partial charge in [0.15, 0.2) is 0 Å². The minimum absolute atomic E-state index is 0.257. The van der Waals surface area contributed by atoms with Crippen LogP contribution in [0.3, 0.4) is 0 Å². The van der Waals surface area contributed by atoms with Crippen molar-refractivity contribution in [3.05, 3.63) is 75.6 Å². The topological polar surface area (TPSA) is 51.5 Å². The van der Waals surface area contributed by atoms with Gasteiger partial charge in [0.1, 0.15) is 0 Å². The molecule has 2 heterocycles. The van der Waals surface area contributed by atoms with Gasteiger partial charge in [0.2, 0.25) is 5.88 Å². The first-order valence-corrected chi connectivity index (χ1v) is 9.67. The van der Waals surface area contributed by atoms with E-state index in [0.29, 0.717) is 16.6 Å². The highest BCUT2D eigenvalue weighted by Crippen LogP contribution is 2.36. The van der Waals surface area contributed by atoms with Crippen LogP contribution in [0.1, 0.15) is 5.56 Å². The highest BCUT2D eigenvalue weighted by atomic mass is 35.5. The maximum absolute atomic E-state index is 11.2. The lowest BCUT2D eigenvalue weighted by atomic mass is 10.1. The van der Waals surface area contributed by atoms with Crippen molar-refractivity contribution in [1.29, 1.82) is 0 Å². The third-order valence-corrected chi connectivity index (χ3v) is 5.85. The molecule has 0 fully saturated rings. The Kier molecular flexibility index (Phi) is 4.83. The van der Waals surface area contributed by atoms with E-state index in [1.807, 2.05) is 46.3 Å². The van der Waals surface area contributed by atoms with Gasteiger partial charge >= 0.3 is 6.16 Å². The first-order valence-electron chi connectivity index (χ1n) is 8.04. The van der Waals surface area contributed by atoms with E-state index in [9.17, 15) is 4.79 Å². The lowest BCUT2D eigenvalue weighted by molar-refractivity contribution is 0.141. The normalized spacial score (nSPS) is 11.0. The third kappa shape index (κ3) is 3.54. The van der Waals surface area contributed by atoms with E-state index in [4.69, 9.17) is 33.0 Å². The van der Waals surface area contributed by atoms with Crippen molar-refractivity contribution in [2.24, 2.45) is 0 Å². The van der Waals surface area contributed by atoms with Crippen LogP contribution in [0.5, 0.6) is 5.88 Å². The maximum atomic E-state index is 11.2. The number of benzene rings is 2. The number of halogens is 2. The minimum atomic E-state index is -1.36. The van der Waals surface area contributed by atoms with Gasteiger partial charge in [0, 0.05) is 21.9 Å². The fraction of sp³-hybridized carbons (Fsp3) is 0.0500. The van der Waals surface area contributed by atoms with Crippen LogP contribution < -0.4 is 4.74 Å². The summed E-state index contributed by atoms with van der Waals surface area (Å²) in [5.74, 6) is 0.257. The number of ether oxygens (including phenoxy) is 1. The summed E-state index contributed by atoms with van der Waals surface area (Å²) in [6.07, 6.45) is -1.36. The molecule has 0 bridgehead atoms. The Labute approximate surface area is 169 Å². The molecule has 0 spiro atoms. The molecule has 0 radical (unpaired) electrons. The Bertz CT molecular complexity index is 1140. The summed E-state index contributed by atoms with van der Waals surface area (Å²) in [6, 6.07) is 17.0. The molecule has 136 valence electrons. The number of hydrogen-bond acceptors (Lipinski definition) is 3. The van der Waals surface area contributed by atoms with Gasteiger partial charge in [-0.1, -0.05) is 47.5 Å². The Morgan fingerprint density at radius 2 is 1.93 bits per heavy atom. The molecule has 2 aromatic carbocycles. The monoisotopic (exact) mass is 417 g/mol. The zero-order valence-corrected chi connectivity index (χ0v) is 16.2. The number of aromatic nitrogens is 1. The van der Waals surface area contributed by atoms with Crippen LogP contribution in [-0.2, 0) is 6.54 Å². The molecule has 4 aromatic rings. The molecule has 4 rings (SSSR count). The second kappa shape index (κ2) is 7.27. The summed E-state index contributed by atoms with van der Waals surface area (Å²) in [5, 5.41) is 13.0. The standard InChI is InChI=1S/C20H13Cl2NO3S/c21-15-7-6-12(9-16(15)22)11-23-17-4-1-3-13(18-5-2-8-27-18)14(17)10-19(23)26-20(24)25/h1-10H,11H2,(H,24,25). The number of thiophene rings is 1. The second-order valence-corrected chi connectivity index (χ2v) is 7.66. The molecule has 0 saturated heterocycles. The van der Waals surface area contributed by atoms with E-state index in [1.54, 1.807) is 29.5 Å². The summed E-state index contributed by atoms with van der Waals surface area (Å²) in [5.41, 5.74) is 2.80. The van der Waals surface area contributed by atoms with Crippen LogP contribution in [0.25, 0.3) is 21.3 Å². The fourth-order valence-corrected chi connectivity index (χ4v) is 4.15. The molecule has 0 aliphatic heterocycles. The fourth-order valence-electron chi connectivity index (χ4n) is 3.06. The predicted octanol–water partition coefficient (Wildman–Crippen LogP) is 6.78. The molecule has 1 N–H and O–H groups in total. The molecule has 27 heavy (non-hydrogen) atoms. The van der Waals surface area contributed by atoms with E-state index >= 15 is 0 Å². The highest BCUT2D eigenvalue weighted by Gasteiger charge is 2.17. The molecular weight excluding hydrogens is 405 g/mol. The van der Waals surface area contributed by atoms with Gasteiger partial charge in [-0.15, -0.1) is 11.3 Å². The number of hydrogen-bond donors (Lipinski definition) is 1. The predicted molar refractivity (Wildman–Crippen MR) is 109 cm³/mol. The van der Waals surface area contributed by atoms with Gasteiger partial charge in [0.25, 0.3) is 0 Å². The molecular formula is C20H13Cl2NO3S. The average molecular weight is 418 g/mol. The van der Waals surface area contributed by atoms with E-state index in [1.165, 1.54) is 0 Å². The molecule has 0 atom stereocenters. The smallest absolute Gasteiger partial charge is 0.449 e. The summed E-state index contributed by atoms with van der Waals surface area (Å²) in [6.45, 7) is 0.400. The lowest BCUT2D eigenvalue weighted by Gasteiger charge is -2.11. The quantitative estimate of drug-likeness (QED) is 0.372. The Hall–Kier alpha value is -2.47. The average Bonchev–Trinajstić information content (AvgIpc) is 3.26. The zero-order valence-electron chi connectivity index (χ0n) is 13.9. The summed E-state index contributed by atoms with van der Waals surface area (Å²) in [7, 11) is 0. The summed E-state index contributed by atoms with van der Waals surface area (Å²) < 4.78 is 6.87. The third-order valence-electron chi connectivity index (χ3n) is 4.21. The number of nitrogens with zero attached hydrogens (tertiary/aromatic N) is 1. The van der Waals surface area contributed by atoms with Crippen LogP contribution in [0.2, 0.25) is 10.0 Å². The Balaban J connectivity index is 1.87. The van der Waals surface area contributed by atoms with Crippen molar-refractivity contribution in [1.82, 2.24) is 4.57 Å². The maximum Gasteiger partial charge on any atom is 0.512 e. The van der Waals surface area contributed by atoms with Crippen molar-refractivity contribution in [2.45, 2.75) is 6.54 Å². The van der Waals surface area contributed by atoms with Crippen molar-refractivity contribution >= 4 is 51.6 Å². The number of carboxylic acid groups (broad SMARTS) is 1. The van der Waals surface area contributed by atoms with E-state index in [0.717, 1.165) is 26.9 Å². The van der Waals surface area contributed by atoms with Gasteiger partial charge in [-0.3, -0.25) is 0 Å². The molecule has 0 aliphatic carbocycles. The summed E-state index contributed by atoms with van der Waals surface area (Å²) >= 11 is 13.7. The van der Waals surface area contributed by atoms with Gasteiger partial charge < -0.3 is 14.4 Å². The molecule has 7 heteroatoms. The minimum Gasteiger partial charge on any atom is -0.449 e. The van der Waals surface area contributed by atoms with Crippen LogP contribution in [0, 0.1) is 0 Å². The molecule has 0 saturated carbocycles. The Morgan fingerprint density at radius 1 is 1.07 bits per heavy atom. The van der Waals surface area contributed by atoms with Crippen molar-refractivity contribution in [3.8, 4) is 16.3 Å². The molecule has 0 aliphatic rings. The molecule has 0 unspecified atom stereocenters. The summed E-state index contributed by atoms with van der Waals surface area (Å²) in [4.78, 5) is 12.3. The Morgan fingerprint density at radius 3 is 2.63 bits per heavy atom. The van der Waals surface area contributed by atoms with Gasteiger partial charge in [-0.05, 0) is 35.2 Å². The first kappa shape index (κ1) is 17.9. The first-order chi connectivity index (χ1) is 13.0. The number of fused-ring (bicyclic) bond motifs is 1. The van der Waals surface area contributed by atoms with Crippen LogP contribution in [0.4, 0.5) is 4.79 Å². The second-order valence-electron chi connectivity index (χ2n) is 5.90. The number of rotatable bonds is 4. The van der Waals surface area contributed by atoms with E-state index in [-0.39, 0.29) is 5.88 Å². The lowest BCUT2D eigenvalue weighted by Crippen LogP contribution is -2.09. The van der Waals surface area contributed by atoms with Crippen LogP contribution in [-0.4, -0.2) is 15.8 Å². The van der Waals surface area contributed by atoms with Gasteiger partial charge in [0.05, 0.1) is 22.1 Å². The van der Waals surface area contributed by atoms with Crippen molar-refractivity contribution in [2.75, 3.05) is 0 Å². The molecule has 4 nitrogen and oxygen atoms in total. The molecule has 2 aromatic heterocycles. The van der Waals surface area contributed by atoms with E-state index < -0.39 is 6.16 Å².